The highest BCUT2D eigenvalue weighted by Gasteiger charge is 2.60. The van der Waals surface area contributed by atoms with Crippen molar-refractivity contribution in [2.75, 3.05) is 26.0 Å². The maximum Gasteiger partial charge on any atom is 0.255 e. The third kappa shape index (κ3) is 3.56. The molecular formula is C23H24FN3O8. The van der Waals surface area contributed by atoms with Crippen LogP contribution in [0.25, 0.3) is 5.76 Å². The third-order valence-electron chi connectivity index (χ3n) is 6.74. The summed E-state index contributed by atoms with van der Waals surface area (Å²) in [5.74, 6) is -9.48. The molecule has 3 atom stereocenters. The molecule has 1 aromatic carbocycles. The van der Waals surface area contributed by atoms with Gasteiger partial charge in [-0.15, -0.1) is 0 Å². The molecule has 3 aliphatic rings. The van der Waals surface area contributed by atoms with Crippen molar-refractivity contribution in [3.05, 3.63) is 39.9 Å². The highest BCUT2D eigenvalue weighted by atomic mass is 19.1. The Kier molecular flexibility index (Phi) is 5.68. The number of carbonyl (C=O) groups is 4. The van der Waals surface area contributed by atoms with Crippen LogP contribution in [0.4, 0.5) is 10.1 Å². The van der Waals surface area contributed by atoms with Crippen LogP contribution in [0.5, 0.6) is 5.75 Å². The lowest BCUT2D eigenvalue weighted by molar-refractivity contribution is -0.147. The maximum atomic E-state index is 15.0. The summed E-state index contributed by atoms with van der Waals surface area (Å²) in [5, 5.41) is 45.8. The Bertz CT molecular complexity index is 1270. The van der Waals surface area contributed by atoms with Gasteiger partial charge in [-0.2, -0.15) is 0 Å². The highest BCUT2D eigenvalue weighted by molar-refractivity contribution is 6.22. The smallest absolute Gasteiger partial charge is 0.255 e. The minimum absolute atomic E-state index is 0.0767. The summed E-state index contributed by atoms with van der Waals surface area (Å²) < 4.78 is 15.0. The molecule has 4 rings (SSSR count). The van der Waals surface area contributed by atoms with E-state index in [0.717, 1.165) is 6.07 Å². The Morgan fingerprint density at radius 2 is 1.89 bits per heavy atom. The molecule has 7 N–H and O–H groups in total. The van der Waals surface area contributed by atoms with E-state index in [0.29, 0.717) is 0 Å². The predicted octanol–water partition coefficient (Wildman–Crippen LogP) is 0.0631. The average Bonchev–Trinajstić information content (AvgIpc) is 2.73. The number of benzene rings is 1. The summed E-state index contributed by atoms with van der Waals surface area (Å²) in [6.07, 6.45) is -0.739. The molecule has 2 amide bonds. The molecule has 3 aliphatic carbocycles. The van der Waals surface area contributed by atoms with Gasteiger partial charge in [0.2, 0.25) is 11.7 Å². The molecule has 0 aromatic heterocycles. The Morgan fingerprint density at radius 1 is 1.23 bits per heavy atom. The number of phenolic OH excluding ortho intramolecular Hbond substituents is 1. The van der Waals surface area contributed by atoms with Gasteiger partial charge in [-0.25, -0.2) is 4.39 Å². The molecular weight excluding hydrogens is 465 g/mol. The first-order valence-electron chi connectivity index (χ1n) is 10.7. The normalized spacial score (nSPS) is 25.9. The molecule has 0 heterocycles. The standard InChI is InChI=1S/C23H24FN3O8/c1-27(2)7-14(29)26-12-6-11(24)10-4-8-3-9-5-13(28)17(22(25)34)21(33)23(9,35)20(32)15(8)19(31)16(10)18(12)30/h6,8-9,30-31,33,35H,3-5,7H2,1-2H3,(H2,25,34)(H,26,29)/t8?,9-,23-/m0/s1. The van der Waals surface area contributed by atoms with Gasteiger partial charge in [-0.05, 0) is 32.9 Å². The van der Waals surface area contributed by atoms with Crippen LogP contribution in [0.1, 0.15) is 24.0 Å². The Hall–Kier alpha value is -3.77. The molecule has 12 heteroatoms. The molecule has 186 valence electrons. The molecule has 1 fully saturated rings. The predicted molar refractivity (Wildman–Crippen MR) is 119 cm³/mol. The van der Waals surface area contributed by atoms with Gasteiger partial charge in [0.1, 0.15) is 22.9 Å². The number of nitrogens with one attached hydrogen (secondary N) is 1. The zero-order valence-electron chi connectivity index (χ0n) is 18.9. The second-order valence-electron chi connectivity index (χ2n) is 9.30. The van der Waals surface area contributed by atoms with Gasteiger partial charge in [-0.1, -0.05) is 0 Å². The van der Waals surface area contributed by atoms with Crippen molar-refractivity contribution in [1.82, 2.24) is 4.90 Å². The molecule has 1 saturated carbocycles. The number of aromatic hydroxyl groups is 1. The fourth-order valence-corrected chi connectivity index (χ4v) is 5.22. The number of fused-ring (bicyclic) bond motifs is 3. The van der Waals surface area contributed by atoms with E-state index in [1.165, 1.54) is 4.90 Å². The lowest BCUT2D eigenvalue weighted by Gasteiger charge is -2.46. The molecule has 35 heavy (non-hydrogen) atoms. The van der Waals surface area contributed by atoms with Crippen LogP contribution in [0, 0.1) is 17.7 Å². The van der Waals surface area contributed by atoms with Crippen molar-refractivity contribution in [1.29, 1.82) is 0 Å². The second kappa shape index (κ2) is 8.17. The van der Waals surface area contributed by atoms with E-state index < -0.39 is 87.0 Å². The van der Waals surface area contributed by atoms with Gasteiger partial charge in [0.15, 0.2) is 17.1 Å². The number of amides is 2. The van der Waals surface area contributed by atoms with E-state index in [4.69, 9.17) is 5.73 Å². The van der Waals surface area contributed by atoms with Crippen molar-refractivity contribution < 1.29 is 44.0 Å². The molecule has 0 spiro atoms. The topological polar surface area (TPSA) is 190 Å². The molecule has 0 radical (unpaired) electrons. The second-order valence-corrected chi connectivity index (χ2v) is 9.30. The Balaban J connectivity index is 1.85. The van der Waals surface area contributed by atoms with Crippen LogP contribution < -0.4 is 11.1 Å². The number of Topliss-reactive ketones (excluding diaryl/α,β-unsaturated/α-hetero) is 2. The zero-order chi connectivity index (χ0) is 26.0. The number of phenols is 1. The molecule has 0 saturated heterocycles. The third-order valence-corrected chi connectivity index (χ3v) is 6.74. The lowest BCUT2D eigenvalue weighted by atomic mass is 9.59. The molecule has 0 aliphatic heterocycles. The first-order chi connectivity index (χ1) is 16.3. The Labute approximate surface area is 198 Å². The number of carbonyl (C=O) groups excluding carboxylic acids is 4. The number of aliphatic hydroxyl groups is 3. The van der Waals surface area contributed by atoms with Crippen LogP contribution in [0.15, 0.2) is 23.0 Å². The minimum atomic E-state index is -2.71. The fourth-order valence-electron chi connectivity index (χ4n) is 5.22. The summed E-state index contributed by atoms with van der Waals surface area (Å²) in [6, 6.07) is 0.902. The van der Waals surface area contributed by atoms with Crippen LogP contribution in [-0.4, -0.2) is 74.9 Å². The van der Waals surface area contributed by atoms with Crippen LogP contribution in [0.3, 0.4) is 0 Å². The Morgan fingerprint density at radius 3 is 2.49 bits per heavy atom. The van der Waals surface area contributed by atoms with Crippen molar-refractivity contribution in [2.45, 2.75) is 24.9 Å². The van der Waals surface area contributed by atoms with Gasteiger partial charge in [0, 0.05) is 29.5 Å². The van der Waals surface area contributed by atoms with Gasteiger partial charge >= 0.3 is 0 Å². The first-order valence-corrected chi connectivity index (χ1v) is 10.7. The van der Waals surface area contributed by atoms with Crippen molar-refractivity contribution in [3.8, 4) is 5.75 Å². The van der Waals surface area contributed by atoms with Gasteiger partial charge < -0.3 is 36.4 Å². The van der Waals surface area contributed by atoms with Gasteiger partial charge in [-0.3, -0.25) is 19.2 Å². The summed E-state index contributed by atoms with van der Waals surface area (Å²) in [4.78, 5) is 51.1. The van der Waals surface area contributed by atoms with E-state index >= 15 is 4.39 Å². The van der Waals surface area contributed by atoms with E-state index in [1.54, 1.807) is 14.1 Å². The van der Waals surface area contributed by atoms with E-state index in [2.05, 4.69) is 5.32 Å². The maximum absolute atomic E-state index is 15.0. The van der Waals surface area contributed by atoms with E-state index in [9.17, 15) is 39.6 Å². The largest absolute Gasteiger partial charge is 0.508 e. The number of hydrogen-bond acceptors (Lipinski definition) is 9. The number of likely N-dealkylation sites (N-methyl/N-ethyl adjacent to an activating group) is 1. The number of nitrogens with two attached hydrogens (primary N) is 1. The first kappa shape index (κ1) is 24.4. The summed E-state index contributed by atoms with van der Waals surface area (Å²) >= 11 is 0. The van der Waals surface area contributed by atoms with E-state index in [1.807, 2.05) is 0 Å². The highest BCUT2D eigenvalue weighted by Crippen LogP contribution is 2.52. The zero-order valence-corrected chi connectivity index (χ0v) is 18.9. The van der Waals surface area contributed by atoms with Crippen molar-refractivity contribution in [3.63, 3.8) is 0 Å². The number of nitrogens with zero attached hydrogens (tertiary/aromatic N) is 1. The number of ketones is 2. The minimum Gasteiger partial charge on any atom is -0.508 e. The molecule has 1 unspecified atom stereocenters. The number of aliphatic hydroxyl groups excluding tert-OH is 2. The number of anilines is 1. The average molecular weight is 489 g/mol. The number of halogens is 1. The molecule has 0 bridgehead atoms. The quantitative estimate of drug-likeness (QED) is 0.251. The van der Waals surface area contributed by atoms with Crippen LogP contribution in [-0.2, 0) is 25.6 Å². The SMILES string of the molecule is CN(C)CC(=O)Nc1cc(F)c2c(c1O)C(O)=C1C(=O)[C@]3(O)C(O)=C(C(N)=O)C(=O)C[C@@H]3CC1C2. The summed E-state index contributed by atoms with van der Waals surface area (Å²) in [5.41, 5.74) is 0.267. The van der Waals surface area contributed by atoms with Crippen molar-refractivity contribution in [2.24, 2.45) is 17.6 Å². The van der Waals surface area contributed by atoms with Crippen LogP contribution in [0.2, 0.25) is 0 Å². The number of rotatable bonds is 4. The van der Waals surface area contributed by atoms with Gasteiger partial charge in [0.25, 0.3) is 5.91 Å². The molecule has 1 aromatic rings. The fraction of sp³-hybridized carbons (Fsp3) is 0.391. The van der Waals surface area contributed by atoms with Crippen molar-refractivity contribution >= 4 is 34.8 Å². The van der Waals surface area contributed by atoms with E-state index in [-0.39, 0.29) is 30.6 Å². The number of primary amides is 1. The lowest BCUT2D eigenvalue weighted by Crippen LogP contribution is -2.58. The number of hydrogen-bond donors (Lipinski definition) is 6. The summed E-state index contributed by atoms with van der Waals surface area (Å²) in [7, 11) is 3.25. The van der Waals surface area contributed by atoms with Crippen LogP contribution >= 0.6 is 0 Å². The molecule has 11 nitrogen and oxygen atoms in total. The summed E-state index contributed by atoms with van der Waals surface area (Å²) in [6.45, 7) is -0.0767. The van der Waals surface area contributed by atoms with Gasteiger partial charge in [0.05, 0.1) is 17.8 Å². The monoisotopic (exact) mass is 489 g/mol.